The number of aliphatic carboxylic acids is 1. The van der Waals surface area contributed by atoms with Crippen LogP contribution in [0.1, 0.15) is 61.2 Å². The highest BCUT2D eigenvalue weighted by atomic mass is 35.5. The number of carboxylic acids is 2. The van der Waals surface area contributed by atoms with Crippen molar-refractivity contribution >= 4 is 68.0 Å². The topological polar surface area (TPSA) is 174 Å². The van der Waals surface area contributed by atoms with Crippen molar-refractivity contribution < 1.29 is 42.5 Å². The van der Waals surface area contributed by atoms with E-state index in [-0.39, 0.29) is 45.7 Å². The van der Waals surface area contributed by atoms with E-state index in [1.54, 1.807) is 52.7 Å². The minimum absolute atomic E-state index is 0.0109. The Balaban J connectivity index is 1.21. The summed E-state index contributed by atoms with van der Waals surface area (Å²) in [6.07, 6.45) is 2.37. The van der Waals surface area contributed by atoms with Gasteiger partial charge in [-0.1, -0.05) is 35.9 Å². The predicted octanol–water partition coefficient (Wildman–Crippen LogP) is 5.43. The van der Waals surface area contributed by atoms with Crippen molar-refractivity contribution in [3.63, 3.8) is 0 Å². The summed E-state index contributed by atoms with van der Waals surface area (Å²) >= 11 is 7.38. The largest absolute Gasteiger partial charge is 0.479 e. The Morgan fingerprint density at radius 3 is 2.46 bits per heavy atom. The van der Waals surface area contributed by atoms with Gasteiger partial charge in [-0.3, -0.25) is 9.59 Å². The fourth-order valence-electron chi connectivity index (χ4n) is 6.73. The number of Topliss-reactive ketones (excluding diaryl/α,β-unsaturated/α-hetero) is 1. The number of halogens is 1. The predicted molar refractivity (Wildman–Crippen MR) is 200 cm³/mol. The smallest absolute Gasteiger partial charge is 0.349 e. The average molecular weight is 775 g/mol. The van der Waals surface area contributed by atoms with Gasteiger partial charge in [0, 0.05) is 75.4 Å². The molecular weight excluding hydrogens is 732 g/mol. The number of aromatic carboxylic acids is 1. The van der Waals surface area contributed by atoms with Crippen molar-refractivity contribution in [2.24, 2.45) is 0 Å². The first-order valence-electron chi connectivity index (χ1n) is 16.9. The Bertz CT molecular complexity index is 1940. The van der Waals surface area contributed by atoms with Crippen molar-refractivity contribution in [2.75, 3.05) is 50.1 Å². The normalized spacial score (nSPS) is 18.2. The Morgan fingerprint density at radius 1 is 1.08 bits per heavy atom. The summed E-state index contributed by atoms with van der Waals surface area (Å²) in [6.45, 7) is 5.24. The Kier molecular flexibility index (Phi) is 12.3. The van der Waals surface area contributed by atoms with Gasteiger partial charge in [-0.15, -0.1) is 11.3 Å². The number of carbonyl (C=O) groups is 4. The van der Waals surface area contributed by atoms with Crippen LogP contribution < -0.4 is 15.0 Å². The van der Waals surface area contributed by atoms with Crippen LogP contribution in [-0.4, -0.2) is 103 Å². The molecule has 2 fully saturated rings. The number of ether oxygens (including phenoxy) is 1. The van der Waals surface area contributed by atoms with Crippen LogP contribution in [-0.2, 0) is 30.2 Å². The number of nitrogens with zero attached hydrogens (tertiary/aromatic N) is 3. The van der Waals surface area contributed by atoms with E-state index in [4.69, 9.17) is 21.4 Å². The number of anilines is 2. The number of rotatable bonds is 14. The van der Waals surface area contributed by atoms with E-state index in [2.05, 4.69) is 10.2 Å². The van der Waals surface area contributed by atoms with E-state index in [1.807, 2.05) is 26.0 Å². The maximum atomic E-state index is 13.8. The van der Waals surface area contributed by atoms with Gasteiger partial charge in [0.2, 0.25) is 15.9 Å². The molecule has 280 valence electrons. The summed E-state index contributed by atoms with van der Waals surface area (Å²) in [7, 11) is -2.06. The van der Waals surface area contributed by atoms with E-state index in [0.717, 1.165) is 17.0 Å². The summed E-state index contributed by atoms with van der Waals surface area (Å²) in [5.41, 5.74) is 1.81. The SMILES string of the molecule is CN(C(=O)CCN1CCC(=O)CC1)c1cccc(CS(=O)(=O)N2CCC(Nc3cccc(-c4sc(C(=O)O)c(OCC(=O)O)c4Cl)c3)CC2(C)C)c1. The monoisotopic (exact) mass is 774 g/mol. The van der Waals surface area contributed by atoms with Crippen LogP contribution in [0.4, 0.5) is 11.4 Å². The quantitative estimate of drug-likeness (QED) is 0.191. The van der Waals surface area contributed by atoms with Gasteiger partial charge in [0.05, 0.1) is 10.6 Å². The molecule has 0 spiro atoms. The zero-order valence-electron chi connectivity index (χ0n) is 29.3. The summed E-state index contributed by atoms with van der Waals surface area (Å²) < 4.78 is 34.4. The third-order valence-electron chi connectivity index (χ3n) is 9.35. The molecule has 1 aromatic heterocycles. The lowest BCUT2D eigenvalue weighted by atomic mass is 9.89. The van der Waals surface area contributed by atoms with Gasteiger partial charge in [-0.25, -0.2) is 18.0 Å². The van der Waals surface area contributed by atoms with Gasteiger partial charge in [0.15, 0.2) is 17.2 Å². The minimum Gasteiger partial charge on any atom is -0.479 e. The number of carboxylic acid groups (broad SMARTS) is 2. The fraction of sp³-hybridized carbons (Fsp3) is 0.444. The zero-order valence-corrected chi connectivity index (χ0v) is 31.7. The molecule has 5 rings (SSSR count). The van der Waals surface area contributed by atoms with Gasteiger partial charge < -0.3 is 30.1 Å². The number of piperidine rings is 2. The second-order valence-electron chi connectivity index (χ2n) is 13.7. The highest BCUT2D eigenvalue weighted by molar-refractivity contribution is 7.88. The number of sulfonamides is 1. The molecule has 3 heterocycles. The van der Waals surface area contributed by atoms with Gasteiger partial charge in [0.1, 0.15) is 10.8 Å². The lowest BCUT2D eigenvalue weighted by molar-refractivity contribution is -0.139. The van der Waals surface area contributed by atoms with Crippen LogP contribution in [0, 0.1) is 0 Å². The first-order valence-corrected chi connectivity index (χ1v) is 19.7. The highest BCUT2D eigenvalue weighted by Crippen LogP contribution is 2.46. The molecular formula is C36H43ClN4O9S2. The molecule has 52 heavy (non-hydrogen) atoms. The molecule has 0 aliphatic carbocycles. The molecule has 0 radical (unpaired) electrons. The molecule has 13 nitrogen and oxygen atoms in total. The molecule has 1 atom stereocenters. The molecule has 2 aliphatic heterocycles. The van der Waals surface area contributed by atoms with Crippen LogP contribution in [0.3, 0.4) is 0 Å². The van der Waals surface area contributed by atoms with Crippen molar-refractivity contribution in [1.82, 2.24) is 9.21 Å². The number of carbonyl (C=O) groups excluding carboxylic acids is 2. The first kappa shape index (κ1) is 39.2. The second kappa shape index (κ2) is 16.3. The highest BCUT2D eigenvalue weighted by Gasteiger charge is 2.41. The summed E-state index contributed by atoms with van der Waals surface area (Å²) in [4.78, 5) is 51.2. The number of thiophene rings is 1. The maximum absolute atomic E-state index is 13.8. The number of hydrogen-bond acceptors (Lipinski definition) is 10. The third kappa shape index (κ3) is 9.50. The van der Waals surface area contributed by atoms with Gasteiger partial charge in [-0.2, -0.15) is 4.31 Å². The molecule has 2 aromatic carbocycles. The average Bonchev–Trinajstić information content (AvgIpc) is 3.42. The lowest BCUT2D eigenvalue weighted by Crippen LogP contribution is -2.55. The van der Waals surface area contributed by atoms with Crippen LogP contribution in [0.2, 0.25) is 5.02 Å². The third-order valence-corrected chi connectivity index (χ3v) is 13.1. The fourth-order valence-corrected chi connectivity index (χ4v) is 10.1. The number of ketones is 1. The van der Waals surface area contributed by atoms with Gasteiger partial charge >= 0.3 is 11.9 Å². The summed E-state index contributed by atoms with van der Waals surface area (Å²) in [6, 6.07) is 14.2. The maximum Gasteiger partial charge on any atom is 0.349 e. The van der Waals surface area contributed by atoms with Crippen molar-refractivity contribution in [2.45, 2.75) is 63.3 Å². The molecule has 1 unspecified atom stereocenters. The molecule has 2 aliphatic rings. The molecule has 16 heteroatoms. The van der Waals surface area contributed by atoms with E-state index >= 15 is 0 Å². The first-order chi connectivity index (χ1) is 24.5. The summed E-state index contributed by atoms with van der Waals surface area (Å²) in [5.74, 6) is -2.79. The summed E-state index contributed by atoms with van der Waals surface area (Å²) in [5, 5.41) is 22.2. The Labute approximate surface area is 312 Å². The van der Waals surface area contributed by atoms with Gasteiger partial charge in [-0.05, 0) is 62.1 Å². The van der Waals surface area contributed by atoms with E-state index in [1.165, 1.54) is 0 Å². The molecule has 0 saturated carbocycles. The molecule has 1 amide bonds. The minimum atomic E-state index is -3.74. The van der Waals surface area contributed by atoms with Crippen LogP contribution in [0.15, 0.2) is 48.5 Å². The lowest BCUT2D eigenvalue weighted by Gasteiger charge is -2.45. The van der Waals surface area contributed by atoms with Crippen LogP contribution >= 0.6 is 22.9 Å². The molecule has 3 aromatic rings. The number of benzene rings is 2. The van der Waals surface area contributed by atoms with E-state index in [0.29, 0.717) is 73.4 Å². The number of hydrogen-bond donors (Lipinski definition) is 3. The van der Waals surface area contributed by atoms with E-state index < -0.39 is 34.1 Å². The zero-order chi connectivity index (χ0) is 37.8. The number of likely N-dealkylation sites (tertiary alicyclic amines) is 1. The molecule has 2 saturated heterocycles. The van der Waals surface area contributed by atoms with E-state index in [9.17, 15) is 32.7 Å². The van der Waals surface area contributed by atoms with Crippen molar-refractivity contribution in [3.05, 3.63) is 64.0 Å². The van der Waals surface area contributed by atoms with Gasteiger partial charge in [0.25, 0.3) is 0 Å². The van der Waals surface area contributed by atoms with Crippen LogP contribution in [0.5, 0.6) is 5.75 Å². The molecule has 0 bridgehead atoms. The molecule has 3 N–H and O–H groups in total. The number of nitrogens with one attached hydrogen (secondary N) is 1. The Hall–Kier alpha value is -4.02. The standard InChI is InChI=1S/C36H43ClN4O9S2/c1-36(2)20-26(38-25-8-5-7-24(19-25)33-31(37)32(50-21-30(44)45)34(51-33)35(46)47)10-17-41(36)52(48,49)22-23-6-4-9-27(18-23)39(3)29(43)13-16-40-14-11-28(42)12-15-40/h4-9,18-19,26,38H,10-17,20-22H2,1-3H3,(H,44,45)(H,46,47). The number of amides is 1. The van der Waals surface area contributed by atoms with Crippen LogP contribution in [0.25, 0.3) is 10.4 Å². The Morgan fingerprint density at radius 2 is 1.79 bits per heavy atom. The van der Waals surface area contributed by atoms with Crippen molar-refractivity contribution in [3.8, 4) is 16.2 Å². The second-order valence-corrected chi connectivity index (χ2v) is 17.0. The van der Waals surface area contributed by atoms with Crippen molar-refractivity contribution in [1.29, 1.82) is 0 Å².